The Bertz CT molecular complexity index is 395. The third-order valence-corrected chi connectivity index (χ3v) is 3.32. The predicted molar refractivity (Wildman–Crippen MR) is 63.8 cm³/mol. The molecule has 4 heteroatoms. The molecule has 1 fully saturated rings. The molecule has 0 bridgehead atoms. The molecule has 1 aliphatic heterocycles. The minimum absolute atomic E-state index is 0.0431. The van der Waals surface area contributed by atoms with E-state index in [2.05, 4.69) is 17.3 Å². The summed E-state index contributed by atoms with van der Waals surface area (Å²) >= 11 is 0. The first-order valence-electron chi connectivity index (χ1n) is 5.96. The van der Waals surface area contributed by atoms with Crippen LogP contribution in [0.5, 0.6) is 0 Å². The van der Waals surface area contributed by atoms with Gasteiger partial charge in [0.25, 0.3) is 0 Å². The first-order valence-corrected chi connectivity index (χ1v) is 5.96. The molecule has 1 heterocycles. The molecule has 2 unspecified atom stereocenters. The Morgan fingerprint density at radius 1 is 1.35 bits per heavy atom. The molecule has 1 N–H and O–H groups in total. The molecule has 1 aliphatic rings. The highest BCUT2D eigenvalue weighted by Crippen LogP contribution is 2.18. The quantitative estimate of drug-likeness (QED) is 0.872. The minimum atomic E-state index is -0.790. The summed E-state index contributed by atoms with van der Waals surface area (Å²) in [6, 6.07) is 4.56. The first kappa shape index (κ1) is 12.5. The van der Waals surface area contributed by atoms with E-state index in [0.717, 1.165) is 25.1 Å². The fourth-order valence-corrected chi connectivity index (χ4v) is 2.30. The second-order valence-electron chi connectivity index (χ2n) is 4.81. The van der Waals surface area contributed by atoms with E-state index in [9.17, 15) is 8.78 Å². The Morgan fingerprint density at radius 3 is 2.71 bits per heavy atom. The zero-order chi connectivity index (χ0) is 12.4. The average molecular weight is 240 g/mol. The standard InChI is InChI=1S/C13H18F2N2/c1-9(16-11-5-6-17(2)8-11)10-3-4-12(14)13(15)7-10/h3-4,7,9,11,16H,5-6,8H2,1-2H3. The van der Waals surface area contributed by atoms with Gasteiger partial charge in [0.2, 0.25) is 0 Å². The van der Waals surface area contributed by atoms with Crippen molar-refractivity contribution in [1.82, 2.24) is 10.2 Å². The summed E-state index contributed by atoms with van der Waals surface area (Å²) in [5.74, 6) is -1.57. The van der Waals surface area contributed by atoms with Crippen LogP contribution in [0, 0.1) is 11.6 Å². The summed E-state index contributed by atoms with van der Waals surface area (Å²) in [7, 11) is 2.09. The second kappa shape index (κ2) is 5.10. The van der Waals surface area contributed by atoms with Gasteiger partial charge in [0.15, 0.2) is 11.6 Å². The van der Waals surface area contributed by atoms with E-state index in [1.54, 1.807) is 6.07 Å². The van der Waals surface area contributed by atoms with Crippen molar-refractivity contribution in [3.05, 3.63) is 35.4 Å². The highest BCUT2D eigenvalue weighted by atomic mass is 19.2. The maximum atomic E-state index is 13.1. The Balaban J connectivity index is 1.99. The van der Waals surface area contributed by atoms with Crippen LogP contribution in [0.15, 0.2) is 18.2 Å². The summed E-state index contributed by atoms with van der Waals surface area (Å²) in [4.78, 5) is 2.26. The van der Waals surface area contributed by atoms with Gasteiger partial charge >= 0.3 is 0 Å². The number of rotatable bonds is 3. The van der Waals surface area contributed by atoms with E-state index in [0.29, 0.717) is 6.04 Å². The Kier molecular flexibility index (Phi) is 3.74. The Labute approximate surface area is 101 Å². The molecule has 0 spiro atoms. The molecule has 1 saturated heterocycles. The van der Waals surface area contributed by atoms with Gasteiger partial charge in [-0.2, -0.15) is 0 Å². The van der Waals surface area contributed by atoms with Gasteiger partial charge in [0, 0.05) is 18.6 Å². The highest BCUT2D eigenvalue weighted by Gasteiger charge is 2.21. The molecule has 2 rings (SSSR count). The SMILES string of the molecule is CC(NC1CCN(C)C1)c1ccc(F)c(F)c1. The lowest BCUT2D eigenvalue weighted by Gasteiger charge is -2.20. The van der Waals surface area contributed by atoms with Gasteiger partial charge in [-0.15, -0.1) is 0 Å². The molecule has 1 aromatic carbocycles. The number of hydrogen-bond donors (Lipinski definition) is 1. The summed E-state index contributed by atoms with van der Waals surface area (Å²) in [6.45, 7) is 4.07. The second-order valence-corrected chi connectivity index (χ2v) is 4.81. The fourth-order valence-electron chi connectivity index (χ4n) is 2.30. The molecule has 0 aliphatic carbocycles. The van der Waals surface area contributed by atoms with Crippen molar-refractivity contribution < 1.29 is 8.78 Å². The molecule has 1 aromatic rings. The lowest BCUT2D eigenvalue weighted by molar-refractivity contribution is 0.386. The zero-order valence-electron chi connectivity index (χ0n) is 10.2. The van der Waals surface area contributed by atoms with Crippen LogP contribution in [-0.2, 0) is 0 Å². The Morgan fingerprint density at radius 2 is 2.12 bits per heavy atom. The molecule has 94 valence electrons. The van der Waals surface area contributed by atoms with Crippen LogP contribution in [0.4, 0.5) is 8.78 Å². The molecule has 0 saturated carbocycles. The number of likely N-dealkylation sites (tertiary alicyclic amines) is 1. The van der Waals surface area contributed by atoms with Gasteiger partial charge in [-0.3, -0.25) is 0 Å². The normalized spacial score (nSPS) is 22.9. The summed E-state index contributed by atoms with van der Waals surface area (Å²) in [5.41, 5.74) is 0.790. The largest absolute Gasteiger partial charge is 0.306 e. The average Bonchev–Trinajstić information content (AvgIpc) is 2.68. The number of nitrogens with zero attached hydrogens (tertiary/aromatic N) is 1. The molecule has 0 radical (unpaired) electrons. The molecule has 17 heavy (non-hydrogen) atoms. The third kappa shape index (κ3) is 3.01. The van der Waals surface area contributed by atoms with Crippen LogP contribution in [0.2, 0.25) is 0 Å². The van der Waals surface area contributed by atoms with Crippen LogP contribution >= 0.6 is 0 Å². The lowest BCUT2D eigenvalue weighted by Crippen LogP contribution is -2.33. The van der Waals surface area contributed by atoms with Crippen LogP contribution in [0.1, 0.15) is 24.9 Å². The number of nitrogens with one attached hydrogen (secondary N) is 1. The van der Waals surface area contributed by atoms with Crippen molar-refractivity contribution in [2.24, 2.45) is 0 Å². The van der Waals surface area contributed by atoms with Crippen LogP contribution < -0.4 is 5.32 Å². The number of likely N-dealkylation sites (N-methyl/N-ethyl adjacent to an activating group) is 1. The summed E-state index contributed by atoms with van der Waals surface area (Å²) < 4.78 is 25.9. The molecule has 2 atom stereocenters. The van der Waals surface area contributed by atoms with E-state index in [1.165, 1.54) is 12.1 Å². The van der Waals surface area contributed by atoms with Gasteiger partial charge in [-0.1, -0.05) is 6.07 Å². The van der Waals surface area contributed by atoms with E-state index in [-0.39, 0.29) is 6.04 Å². The first-order chi connectivity index (χ1) is 8.06. The smallest absolute Gasteiger partial charge is 0.159 e. The van der Waals surface area contributed by atoms with Crippen molar-refractivity contribution in [3.8, 4) is 0 Å². The van der Waals surface area contributed by atoms with Crippen LogP contribution in [0.3, 0.4) is 0 Å². The van der Waals surface area contributed by atoms with Gasteiger partial charge in [0.05, 0.1) is 0 Å². The molecule has 2 nitrogen and oxygen atoms in total. The molecule has 0 amide bonds. The van der Waals surface area contributed by atoms with Crippen LogP contribution in [-0.4, -0.2) is 31.1 Å². The summed E-state index contributed by atoms with van der Waals surface area (Å²) in [5, 5.41) is 3.44. The zero-order valence-corrected chi connectivity index (χ0v) is 10.2. The van der Waals surface area contributed by atoms with E-state index in [4.69, 9.17) is 0 Å². The number of halogens is 2. The van der Waals surface area contributed by atoms with Crippen LogP contribution in [0.25, 0.3) is 0 Å². The van der Waals surface area contributed by atoms with Gasteiger partial charge in [0.1, 0.15) is 0 Å². The minimum Gasteiger partial charge on any atom is -0.306 e. The Hall–Kier alpha value is -1.00. The van der Waals surface area contributed by atoms with Crippen molar-refractivity contribution in [1.29, 1.82) is 0 Å². The maximum absolute atomic E-state index is 13.1. The highest BCUT2D eigenvalue weighted by molar-refractivity contribution is 5.21. The molecule has 0 aromatic heterocycles. The van der Waals surface area contributed by atoms with Gasteiger partial charge in [-0.05, 0) is 44.6 Å². The van der Waals surface area contributed by atoms with Gasteiger partial charge < -0.3 is 10.2 Å². The fraction of sp³-hybridized carbons (Fsp3) is 0.538. The lowest BCUT2D eigenvalue weighted by atomic mass is 10.1. The van der Waals surface area contributed by atoms with Gasteiger partial charge in [-0.25, -0.2) is 8.78 Å². The van der Waals surface area contributed by atoms with Crippen molar-refractivity contribution in [3.63, 3.8) is 0 Å². The third-order valence-electron chi connectivity index (χ3n) is 3.32. The topological polar surface area (TPSA) is 15.3 Å². The predicted octanol–water partition coefficient (Wildman–Crippen LogP) is 2.32. The van der Waals surface area contributed by atoms with Crippen molar-refractivity contribution in [2.75, 3.05) is 20.1 Å². The van der Waals surface area contributed by atoms with Crippen molar-refractivity contribution >= 4 is 0 Å². The van der Waals surface area contributed by atoms with E-state index in [1.807, 2.05) is 6.92 Å². The number of benzene rings is 1. The van der Waals surface area contributed by atoms with E-state index >= 15 is 0 Å². The molecular formula is C13H18F2N2. The summed E-state index contributed by atoms with van der Waals surface area (Å²) in [6.07, 6.45) is 1.10. The number of hydrogen-bond acceptors (Lipinski definition) is 2. The monoisotopic (exact) mass is 240 g/mol. The maximum Gasteiger partial charge on any atom is 0.159 e. The van der Waals surface area contributed by atoms with Crippen molar-refractivity contribution in [2.45, 2.75) is 25.4 Å². The van der Waals surface area contributed by atoms with E-state index < -0.39 is 11.6 Å². The molecular weight excluding hydrogens is 222 g/mol.